The van der Waals surface area contributed by atoms with Crippen molar-refractivity contribution in [1.82, 2.24) is 0 Å². The van der Waals surface area contributed by atoms with Gasteiger partial charge in [-0.25, -0.2) is 0 Å². The summed E-state index contributed by atoms with van der Waals surface area (Å²) >= 11 is 1.87. The van der Waals surface area contributed by atoms with Gasteiger partial charge in [0.05, 0.1) is 5.69 Å². The van der Waals surface area contributed by atoms with Crippen molar-refractivity contribution in [3.63, 3.8) is 0 Å². The smallest absolute Gasteiger partial charge is 0.0583 e. The van der Waals surface area contributed by atoms with E-state index in [1.807, 2.05) is 11.3 Å². The van der Waals surface area contributed by atoms with Crippen molar-refractivity contribution in [3.05, 3.63) is 175 Å². The lowest BCUT2D eigenvalue weighted by Crippen LogP contribution is -2.21. The van der Waals surface area contributed by atoms with Gasteiger partial charge in [-0.1, -0.05) is 160 Å². The van der Waals surface area contributed by atoms with E-state index in [0.29, 0.717) is 0 Å². The van der Waals surface area contributed by atoms with E-state index in [2.05, 4.69) is 196 Å². The van der Waals surface area contributed by atoms with Gasteiger partial charge in [0.25, 0.3) is 0 Å². The van der Waals surface area contributed by atoms with E-state index in [1.54, 1.807) is 0 Å². The lowest BCUT2D eigenvalue weighted by Gasteiger charge is -2.36. The molecule has 1 nitrogen and oxygen atoms in total. The van der Waals surface area contributed by atoms with Gasteiger partial charge in [0.1, 0.15) is 0 Å². The highest BCUT2D eigenvalue weighted by atomic mass is 32.1. The van der Waals surface area contributed by atoms with Gasteiger partial charge in [-0.15, -0.1) is 11.3 Å². The van der Waals surface area contributed by atoms with Crippen molar-refractivity contribution in [2.75, 3.05) is 4.90 Å². The minimum atomic E-state index is -0.171. The number of benzene rings is 7. The van der Waals surface area contributed by atoms with Gasteiger partial charge >= 0.3 is 0 Å². The van der Waals surface area contributed by atoms with E-state index in [4.69, 9.17) is 0 Å². The van der Waals surface area contributed by atoms with Crippen molar-refractivity contribution in [3.8, 4) is 33.4 Å². The summed E-state index contributed by atoms with van der Waals surface area (Å²) in [5.74, 6) is 0. The molecule has 0 bridgehead atoms. The lowest BCUT2D eigenvalue weighted by atomic mass is 9.78. The molecule has 232 valence electrons. The molecule has 0 unspecified atom stereocenters. The molecule has 0 atom stereocenters. The second-order valence-corrected chi connectivity index (χ2v) is 14.5. The number of nitrogens with zero attached hydrogens (tertiary/aromatic N) is 1. The van der Waals surface area contributed by atoms with Crippen LogP contribution in [0, 0.1) is 0 Å². The van der Waals surface area contributed by atoms with Crippen LogP contribution in [-0.4, -0.2) is 0 Å². The van der Waals surface area contributed by atoms with Gasteiger partial charge in [-0.2, -0.15) is 0 Å². The van der Waals surface area contributed by atoms with Crippen molar-refractivity contribution < 1.29 is 0 Å². The van der Waals surface area contributed by atoms with Crippen LogP contribution in [-0.2, 0) is 5.41 Å². The van der Waals surface area contributed by atoms with E-state index in [0.717, 1.165) is 11.4 Å². The van der Waals surface area contributed by atoms with Crippen LogP contribution in [0.2, 0.25) is 0 Å². The molecular formula is C46H37NS. The van der Waals surface area contributed by atoms with Gasteiger partial charge in [-0.3, -0.25) is 0 Å². The molecule has 0 saturated heterocycles. The Morgan fingerprint density at radius 1 is 0.417 bits per heavy atom. The second kappa shape index (κ2) is 12.3. The third kappa shape index (κ3) is 5.49. The number of hydrogen-bond acceptors (Lipinski definition) is 2. The first-order valence-electron chi connectivity index (χ1n) is 16.6. The Hall–Kier alpha value is -5.44. The third-order valence-electron chi connectivity index (χ3n) is 9.17. The van der Waals surface area contributed by atoms with E-state index in [-0.39, 0.29) is 5.41 Å². The Labute approximate surface area is 287 Å². The van der Waals surface area contributed by atoms with Gasteiger partial charge < -0.3 is 4.90 Å². The average molecular weight is 636 g/mol. The molecule has 0 saturated carbocycles. The average Bonchev–Trinajstić information content (AvgIpc) is 3.50. The summed E-state index contributed by atoms with van der Waals surface area (Å²) in [5, 5.41) is 2.62. The van der Waals surface area contributed by atoms with Gasteiger partial charge in [0.15, 0.2) is 0 Å². The molecule has 48 heavy (non-hydrogen) atoms. The predicted octanol–water partition coefficient (Wildman–Crippen LogP) is 13.8. The van der Waals surface area contributed by atoms with E-state index in [1.165, 1.54) is 64.8 Å². The highest BCUT2D eigenvalue weighted by Crippen LogP contribution is 2.51. The summed E-state index contributed by atoms with van der Waals surface area (Å²) in [7, 11) is 0. The molecule has 8 aromatic rings. The normalized spacial score (nSPS) is 11.6. The number of thiophene rings is 1. The number of hydrogen-bond donors (Lipinski definition) is 0. The van der Waals surface area contributed by atoms with E-state index in [9.17, 15) is 0 Å². The first-order chi connectivity index (χ1) is 23.5. The molecule has 0 N–H and O–H groups in total. The molecule has 0 radical (unpaired) electrons. The van der Waals surface area contributed by atoms with Crippen LogP contribution in [0.4, 0.5) is 17.1 Å². The Bertz CT molecular complexity index is 2350. The quantitative estimate of drug-likeness (QED) is 0.176. The van der Waals surface area contributed by atoms with E-state index < -0.39 is 0 Å². The van der Waals surface area contributed by atoms with Crippen LogP contribution in [0.15, 0.2) is 170 Å². The Morgan fingerprint density at radius 2 is 0.917 bits per heavy atom. The summed E-state index contributed by atoms with van der Waals surface area (Å²) in [6, 6.07) is 61.8. The maximum Gasteiger partial charge on any atom is 0.0583 e. The summed E-state index contributed by atoms with van der Waals surface area (Å²) in [6.45, 7) is 7.04. The van der Waals surface area contributed by atoms with Crippen LogP contribution in [0.1, 0.15) is 26.3 Å². The van der Waals surface area contributed by atoms with Crippen LogP contribution in [0.25, 0.3) is 53.6 Å². The summed E-state index contributed by atoms with van der Waals surface area (Å²) in [5.41, 5.74) is 11.9. The SMILES string of the molecule is CC(C)(C)c1c(-c2ccccc2)ccc(-c2ccccc2)c1N(c1ccc(-c2ccccc2)cc1)c1ccc2c(c1)sc1ccccc12. The molecule has 1 aromatic heterocycles. The molecule has 2 heteroatoms. The molecule has 0 spiro atoms. The van der Waals surface area contributed by atoms with Crippen molar-refractivity contribution >= 4 is 48.6 Å². The lowest BCUT2D eigenvalue weighted by molar-refractivity contribution is 0.593. The van der Waals surface area contributed by atoms with E-state index >= 15 is 0 Å². The van der Waals surface area contributed by atoms with Crippen molar-refractivity contribution in [1.29, 1.82) is 0 Å². The topological polar surface area (TPSA) is 3.24 Å². The Kier molecular flexibility index (Phi) is 7.67. The molecule has 8 rings (SSSR count). The zero-order valence-electron chi connectivity index (χ0n) is 27.5. The first-order valence-corrected chi connectivity index (χ1v) is 17.4. The molecule has 7 aromatic carbocycles. The fourth-order valence-corrected chi connectivity index (χ4v) is 8.13. The van der Waals surface area contributed by atoms with Crippen LogP contribution >= 0.6 is 11.3 Å². The summed E-state index contributed by atoms with van der Waals surface area (Å²) in [4.78, 5) is 2.51. The van der Waals surface area contributed by atoms with Gasteiger partial charge in [-0.05, 0) is 69.1 Å². The van der Waals surface area contributed by atoms with Crippen LogP contribution in [0.5, 0.6) is 0 Å². The fraction of sp³-hybridized carbons (Fsp3) is 0.0870. The molecule has 0 aliphatic carbocycles. The molecule has 1 heterocycles. The monoisotopic (exact) mass is 635 g/mol. The highest BCUT2D eigenvalue weighted by molar-refractivity contribution is 7.25. The second-order valence-electron chi connectivity index (χ2n) is 13.4. The molecular weight excluding hydrogens is 599 g/mol. The zero-order chi connectivity index (χ0) is 32.7. The minimum Gasteiger partial charge on any atom is -0.310 e. The fourth-order valence-electron chi connectivity index (χ4n) is 6.99. The van der Waals surface area contributed by atoms with Crippen molar-refractivity contribution in [2.45, 2.75) is 26.2 Å². The first kappa shape index (κ1) is 29.9. The third-order valence-corrected chi connectivity index (χ3v) is 10.3. The number of rotatable bonds is 6. The summed E-state index contributed by atoms with van der Waals surface area (Å²) in [6.07, 6.45) is 0. The van der Waals surface area contributed by atoms with Crippen LogP contribution in [0.3, 0.4) is 0 Å². The summed E-state index contributed by atoms with van der Waals surface area (Å²) < 4.78 is 2.60. The van der Waals surface area contributed by atoms with Crippen LogP contribution < -0.4 is 4.90 Å². The maximum atomic E-state index is 2.51. The van der Waals surface area contributed by atoms with Crippen molar-refractivity contribution in [2.24, 2.45) is 0 Å². The number of anilines is 3. The minimum absolute atomic E-state index is 0.171. The molecule has 0 aliphatic rings. The highest BCUT2D eigenvalue weighted by Gasteiger charge is 2.30. The standard InChI is InChI=1S/C46H37NS/c1-46(2,3)44-38(34-17-9-5-10-18-34)29-30-39(35-19-11-6-12-20-35)45(44)47(36-25-23-33(24-26-36)32-15-7-4-8-16-32)37-27-28-41-40-21-13-14-22-42(40)48-43(41)31-37/h4-31H,1-3H3. The predicted molar refractivity (Wildman–Crippen MR) is 209 cm³/mol. The van der Waals surface area contributed by atoms with Gasteiger partial charge in [0, 0.05) is 37.1 Å². The zero-order valence-corrected chi connectivity index (χ0v) is 28.3. The maximum absolute atomic E-state index is 2.51. The largest absolute Gasteiger partial charge is 0.310 e. The molecule has 0 aliphatic heterocycles. The Morgan fingerprint density at radius 3 is 1.56 bits per heavy atom. The molecule has 0 amide bonds. The molecule has 0 fully saturated rings. The van der Waals surface area contributed by atoms with Gasteiger partial charge in [0.2, 0.25) is 0 Å². The number of fused-ring (bicyclic) bond motifs is 3. The Balaban J connectivity index is 1.45.